The topological polar surface area (TPSA) is 46.6 Å². The van der Waals surface area contributed by atoms with Gasteiger partial charge in [-0.15, -0.1) is 0 Å². The van der Waals surface area contributed by atoms with Crippen LogP contribution >= 0.6 is 0 Å². The molecular formula is C24H27NO3. The van der Waals surface area contributed by atoms with Crippen molar-refractivity contribution < 1.29 is 14.3 Å². The molecule has 28 heavy (non-hydrogen) atoms. The molecule has 0 N–H and O–H groups in total. The average molecular weight is 377 g/mol. The molecule has 0 spiro atoms. The zero-order valence-corrected chi connectivity index (χ0v) is 16.7. The molecule has 3 rings (SSSR count). The molecule has 2 aromatic rings. The number of carbonyl (C=O) groups excluding carboxylic acids is 2. The molecule has 1 atom stereocenters. The van der Waals surface area contributed by atoms with Crippen molar-refractivity contribution in [2.75, 3.05) is 13.1 Å². The number of hydrogen-bond donors (Lipinski definition) is 0. The molecule has 2 aromatic carbocycles. The second-order valence-electron chi connectivity index (χ2n) is 8.05. The van der Waals surface area contributed by atoms with E-state index < -0.39 is 5.60 Å². The maximum atomic E-state index is 12.2. The van der Waals surface area contributed by atoms with Crippen molar-refractivity contribution in [1.29, 1.82) is 0 Å². The van der Waals surface area contributed by atoms with E-state index in [1.807, 2.05) is 63.2 Å². The highest BCUT2D eigenvalue weighted by Gasteiger charge is 2.24. The SMILES string of the molecule is CC(C)(C)OC(=O)N1CC=C(c2ccc(C(C=O)c3ccccc3)cc2)CC1. The number of carbonyl (C=O) groups is 2. The number of aldehydes is 1. The highest BCUT2D eigenvalue weighted by Crippen LogP contribution is 2.27. The molecule has 0 fully saturated rings. The molecule has 4 nitrogen and oxygen atoms in total. The van der Waals surface area contributed by atoms with Crippen LogP contribution in [0.5, 0.6) is 0 Å². The summed E-state index contributed by atoms with van der Waals surface area (Å²) in [6.45, 7) is 6.82. The summed E-state index contributed by atoms with van der Waals surface area (Å²) >= 11 is 0. The van der Waals surface area contributed by atoms with E-state index in [0.717, 1.165) is 29.4 Å². The first kappa shape index (κ1) is 19.9. The number of nitrogens with zero attached hydrogens (tertiary/aromatic N) is 1. The summed E-state index contributed by atoms with van der Waals surface area (Å²) in [4.78, 5) is 25.5. The molecule has 0 saturated heterocycles. The first-order valence-corrected chi connectivity index (χ1v) is 9.65. The third kappa shape index (κ3) is 4.89. The molecule has 1 unspecified atom stereocenters. The van der Waals surface area contributed by atoms with E-state index in [9.17, 15) is 9.59 Å². The van der Waals surface area contributed by atoms with Gasteiger partial charge in [-0.05, 0) is 49.5 Å². The summed E-state index contributed by atoms with van der Waals surface area (Å²) < 4.78 is 5.44. The van der Waals surface area contributed by atoms with E-state index in [1.54, 1.807) is 4.90 Å². The lowest BCUT2D eigenvalue weighted by Crippen LogP contribution is -2.39. The second-order valence-corrected chi connectivity index (χ2v) is 8.05. The zero-order valence-electron chi connectivity index (χ0n) is 16.7. The molecule has 0 bridgehead atoms. The van der Waals surface area contributed by atoms with Gasteiger partial charge in [-0.25, -0.2) is 4.79 Å². The first-order valence-electron chi connectivity index (χ1n) is 9.65. The van der Waals surface area contributed by atoms with E-state index in [-0.39, 0.29) is 12.0 Å². The van der Waals surface area contributed by atoms with Crippen LogP contribution in [-0.4, -0.2) is 36.0 Å². The Hall–Kier alpha value is -2.88. The summed E-state index contributed by atoms with van der Waals surface area (Å²) in [6, 6.07) is 17.9. The van der Waals surface area contributed by atoms with Crippen molar-refractivity contribution in [1.82, 2.24) is 4.90 Å². The van der Waals surface area contributed by atoms with Crippen molar-refractivity contribution in [3.05, 3.63) is 77.4 Å². The summed E-state index contributed by atoms with van der Waals surface area (Å²) in [7, 11) is 0. The van der Waals surface area contributed by atoms with Crippen LogP contribution in [0.3, 0.4) is 0 Å². The minimum atomic E-state index is -0.481. The minimum Gasteiger partial charge on any atom is -0.444 e. The number of rotatable bonds is 4. The largest absolute Gasteiger partial charge is 0.444 e. The molecule has 146 valence electrons. The fourth-order valence-corrected chi connectivity index (χ4v) is 3.34. The summed E-state index contributed by atoms with van der Waals surface area (Å²) in [5, 5.41) is 0. The highest BCUT2D eigenvalue weighted by atomic mass is 16.6. The van der Waals surface area contributed by atoms with Crippen LogP contribution < -0.4 is 0 Å². The molecule has 4 heteroatoms. The van der Waals surface area contributed by atoms with E-state index in [0.29, 0.717) is 13.1 Å². The van der Waals surface area contributed by atoms with Gasteiger partial charge >= 0.3 is 6.09 Å². The molecular weight excluding hydrogens is 350 g/mol. The van der Waals surface area contributed by atoms with Crippen LogP contribution in [0.25, 0.3) is 5.57 Å². The fourth-order valence-electron chi connectivity index (χ4n) is 3.34. The van der Waals surface area contributed by atoms with E-state index >= 15 is 0 Å². The quantitative estimate of drug-likeness (QED) is 0.701. The lowest BCUT2D eigenvalue weighted by Gasteiger charge is -2.29. The Morgan fingerprint density at radius 2 is 1.68 bits per heavy atom. The normalized spacial score (nSPS) is 15.5. The van der Waals surface area contributed by atoms with Crippen molar-refractivity contribution in [2.24, 2.45) is 0 Å². The van der Waals surface area contributed by atoms with Gasteiger partial charge in [0.2, 0.25) is 0 Å². The van der Waals surface area contributed by atoms with Gasteiger partial charge in [0, 0.05) is 13.1 Å². The van der Waals surface area contributed by atoms with Gasteiger partial charge in [0.15, 0.2) is 0 Å². The predicted octanol–water partition coefficient (Wildman–Crippen LogP) is 5.04. The van der Waals surface area contributed by atoms with Crippen molar-refractivity contribution in [3.8, 4) is 0 Å². The Kier molecular flexibility index (Phi) is 5.98. The molecule has 1 amide bonds. The zero-order chi connectivity index (χ0) is 20.1. The Bertz CT molecular complexity index is 848. The Morgan fingerprint density at radius 1 is 1.04 bits per heavy atom. The van der Waals surface area contributed by atoms with Gasteiger partial charge in [0.1, 0.15) is 11.9 Å². The van der Waals surface area contributed by atoms with Crippen LogP contribution in [0.1, 0.15) is 49.8 Å². The molecule has 1 heterocycles. The molecule has 0 aromatic heterocycles. The predicted molar refractivity (Wildman–Crippen MR) is 111 cm³/mol. The van der Waals surface area contributed by atoms with E-state index in [4.69, 9.17) is 4.74 Å². The van der Waals surface area contributed by atoms with Crippen LogP contribution in [0.2, 0.25) is 0 Å². The fraction of sp³-hybridized carbons (Fsp3) is 0.333. The van der Waals surface area contributed by atoms with Gasteiger partial charge in [0.25, 0.3) is 0 Å². The van der Waals surface area contributed by atoms with Gasteiger partial charge in [0.05, 0.1) is 5.92 Å². The number of hydrogen-bond acceptors (Lipinski definition) is 3. The van der Waals surface area contributed by atoms with Gasteiger partial charge < -0.3 is 14.4 Å². The Balaban J connectivity index is 1.69. The van der Waals surface area contributed by atoms with Crippen LogP contribution in [0.4, 0.5) is 4.79 Å². The molecule has 0 radical (unpaired) electrons. The first-order chi connectivity index (χ1) is 13.4. The average Bonchev–Trinajstić information content (AvgIpc) is 2.69. The van der Waals surface area contributed by atoms with Crippen molar-refractivity contribution >= 4 is 18.0 Å². The molecule has 0 aliphatic carbocycles. The lowest BCUT2D eigenvalue weighted by atomic mass is 9.90. The highest BCUT2D eigenvalue weighted by molar-refractivity contribution is 5.73. The molecule has 1 aliphatic rings. The summed E-state index contributed by atoms with van der Waals surface area (Å²) in [6.07, 6.45) is 3.59. The second kappa shape index (κ2) is 8.42. The third-order valence-electron chi connectivity index (χ3n) is 4.80. The van der Waals surface area contributed by atoms with E-state index in [1.165, 1.54) is 5.57 Å². The summed E-state index contributed by atoms with van der Waals surface area (Å²) in [5.41, 5.74) is 3.84. The number of amides is 1. The smallest absolute Gasteiger partial charge is 0.410 e. The minimum absolute atomic E-state index is 0.252. The van der Waals surface area contributed by atoms with Crippen LogP contribution in [0.15, 0.2) is 60.7 Å². The van der Waals surface area contributed by atoms with Gasteiger partial charge in [-0.2, -0.15) is 0 Å². The monoisotopic (exact) mass is 377 g/mol. The maximum Gasteiger partial charge on any atom is 0.410 e. The molecule has 1 aliphatic heterocycles. The van der Waals surface area contributed by atoms with Crippen LogP contribution in [0, 0.1) is 0 Å². The van der Waals surface area contributed by atoms with Crippen LogP contribution in [-0.2, 0) is 9.53 Å². The molecule has 0 saturated carbocycles. The third-order valence-corrected chi connectivity index (χ3v) is 4.80. The van der Waals surface area contributed by atoms with Gasteiger partial charge in [-0.3, -0.25) is 0 Å². The number of ether oxygens (including phenoxy) is 1. The van der Waals surface area contributed by atoms with E-state index in [2.05, 4.69) is 18.2 Å². The Labute approximate surface area is 166 Å². The lowest BCUT2D eigenvalue weighted by molar-refractivity contribution is -0.108. The summed E-state index contributed by atoms with van der Waals surface area (Å²) in [5.74, 6) is -0.252. The Morgan fingerprint density at radius 3 is 2.21 bits per heavy atom. The van der Waals surface area contributed by atoms with Crippen molar-refractivity contribution in [3.63, 3.8) is 0 Å². The maximum absolute atomic E-state index is 12.2. The standard InChI is InChI=1S/C24H27NO3/c1-24(2,3)28-23(27)25-15-13-19(14-16-25)18-9-11-21(12-10-18)22(17-26)20-7-5-4-6-8-20/h4-13,17,22H,14-16H2,1-3H3. The van der Waals surface area contributed by atoms with Gasteiger partial charge in [-0.1, -0.05) is 60.7 Å². The van der Waals surface area contributed by atoms with Crippen molar-refractivity contribution in [2.45, 2.75) is 38.7 Å². The number of benzene rings is 2.